The highest BCUT2D eigenvalue weighted by atomic mass is 19.1. The van der Waals surface area contributed by atoms with Crippen LogP contribution in [0.3, 0.4) is 0 Å². The summed E-state index contributed by atoms with van der Waals surface area (Å²) in [5.74, 6) is 2.54. The van der Waals surface area contributed by atoms with E-state index >= 15 is 0 Å². The van der Waals surface area contributed by atoms with Gasteiger partial charge in [-0.3, -0.25) is 4.90 Å². The summed E-state index contributed by atoms with van der Waals surface area (Å²) >= 11 is 0. The summed E-state index contributed by atoms with van der Waals surface area (Å²) in [5.41, 5.74) is 0.804. The third-order valence-corrected chi connectivity index (χ3v) is 4.52. The summed E-state index contributed by atoms with van der Waals surface area (Å²) in [4.78, 5) is 6.55. The van der Waals surface area contributed by atoms with E-state index in [2.05, 4.69) is 16.8 Å². The van der Waals surface area contributed by atoms with Gasteiger partial charge >= 0.3 is 0 Å². The minimum atomic E-state index is -0.271. The summed E-state index contributed by atoms with van der Waals surface area (Å²) in [5, 5.41) is 0. The van der Waals surface area contributed by atoms with E-state index in [0.717, 1.165) is 23.6 Å². The van der Waals surface area contributed by atoms with E-state index in [1.54, 1.807) is 18.3 Å². The molecule has 5 nitrogen and oxygen atoms in total. The molecule has 0 saturated carbocycles. The first-order chi connectivity index (χ1) is 13.2. The third kappa shape index (κ3) is 4.11. The predicted molar refractivity (Wildman–Crippen MR) is 99.2 cm³/mol. The normalized spacial score (nSPS) is 15.9. The zero-order chi connectivity index (χ0) is 18.6. The van der Waals surface area contributed by atoms with Gasteiger partial charge in [-0.15, -0.1) is 0 Å². The quantitative estimate of drug-likeness (QED) is 0.654. The number of fused-ring (bicyclic) bond motifs is 1. The number of halogens is 1. The highest BCUT2D eigenvalue weighted by Crippen LogP contribution is 2.31. The zero-order valence-electron chi connectivity index (χ0n) is 15.1. The standard InChI is InChI=1S/C21H21FN2O3/c1-2-24(12-17-14-25-18-5-3-4-6-19(18)26-17)13-21-23-11-20(27-21)15-7-9-16(22)10-8-15/h3-11,17H,2,12-14H2,1H3/t17-/m1/s1. The highest BCUT2D eigenvalue weighted by Gasteiger charge is 2.23. The van der Waals surface area contributed by atoms with Gasteiger partial charge in [0.1, 0.15) is 18.5 Å². The van der Waals surface area contributed by atoms with Gasteiger partial charge in [0.05, 0.1) is 12.7 Å². The maximum atomic E-state index is 13.1. The number of ether oxygens (including phenoxy) is 2. The van der Waals surface area contributed by atoms with Gasteiger partial charge in [0.25, 0.3) is 0 Å². The summed E-state index contributed by atoms with van der Waals surface area (Å²) in [6, 6.07) is 13.9. The van der Waals surface area contributed by atoms with Crippen LogP contribution in [0, 0.1) is 5.82 Å². The Hall–Kier alpha value is -2.86. The minimum Gasteiger partial charge on any atom is -0.486 e. The second-order valence-electron chi connectivity index (χ2n) is 6.45. The van der Waals surface area contributed by atoms with Crippen molar-refractivity contribution in [1.82, 2.24) is 9.88 Å². The van der Waals surface area contributed by atoms with Crippen LogP contribution in [0.5, 0.6) is 11.5 Å². The average molecular weight is 368 g/mol. The Morgan fingerprint density at radius 3 is 2.67 bits per heavy atom. The lowest BCUT2D eigenvalue weighted by atomic mass is 10.2. The molecule has 140 valence electrons. The molecule has 0 spiro atoms. The Bertz CT molecular complexity index is 894. The summed E-state index contributed by atoms with van der Waals surface area (Å²) in [6.45, 7) is 4.70. The number of likely N-dealkylation sites (N-methyl/N-ethyl adjacent to an activating group) is 1. The van der Waals surface area contributed by atoms with E-state index in [0.29, 0.717) is 31.3 Å². The van der Waals surface area contributed by atoms with E-state index < -0.39 is 0 Å². The van der Waals surface area contributed by atoms with Crippen molar-refractivity contribution in [3.63, 3.8) is 0 Å². The van der Waals surface area contributed by atoms with E-state index in [4.69, 9.17) is 13.9 Å². The molecular weight excluding hydrogens is 347 g/mol. The summed E-state index contributed by atoms with van der Waals surface area (Å²) < 4.78 is 30.7. The average Bonchev–Trinajstić information content (AvgIpc) is 3.16. The number of hydrogen-bond acceptors (Lipinski definition) is 5. The Kier molecular flexibility index (Phi) is 5.07. The van der Waals surface area contributed by atoms with Crippen LogP contribution in [0.15, 0.2) is 59.1 Å². The molecule has 1 atom stereocenters. The van der Waals surface area contributed by atoms with Gasteiger partial charge in [-0.05, 0) is 42.9 Å². The van der Waals surface area contributed by atoms with E-state index in [-0.39, 0.29) is 11.9 Å². The molecule has 1 aromatic heterocycles. The Labute approximate surface area is 157 Å². The minimum absolute atomic E-state index is 0.0496. The van der Waals surface area contributed by atoms with Crippen LogP contribution in [0.2, 0.25) is 0 Å². The lowest BCUT2D eigenvalue weighted by Gasteiger charge is -2.30. The summed E-state index contributed by atoms with van der Waals surface area (Å²) in [7, 11) is 0. The number of oxazole rings is 1. The Morgan fingerprint density at radius 1 is 1.11 bits per heavy atom. The van der Waals surface area contributed by atoms with Crippen molar-refractivity contribution in [3.05, 3.63) is 66.4 Å². The van der Waals surface area contributed by atoms with Crippen molar-refractivity contribution in [2.45, 2.75) is 19.6 Å². The lowest BCUT2D eigenvalue weighted by Crippen LogP contribution is -2.40. The van der Waals surface area contributed by atoms with Gasteiger partial charge in [-0.25, -0.2) is 9.37 Å². The predicted octanol–water partition coefficient (Wildman–Crippen LogP) is 4.14. The van der Waals surface area contributed by atoms with E-state index in [1.807, 2.05) is 24.3 Å². The number of benzene rings is 2. The number of para-hydroxylation sites is 2. The fourth-order valence-electron chi connectivity index (χ4n) is 3.07. The molecule has 0 N–H and O–H groups in total. The maximum absolute atomic E-state index is 13.1. The van der Waals surface area contributed by atoms with Gasteiger partial charge in [-0.2, -0.15) is 0 Å². The molecule has 1 aliphatic heterocycles. The fraction of sp³-hybridized carbons (Fsp3) is 0.286. The molecule has 1 aliphatic rings. The molecule has 2 aromatic carbocycles. The molecule has 0 unspecified atom stereocenters. The van der Waals surface area contributed by atoms with Crippen molar-refractivity contribution >= 4 is 0 Å². The van der Waals surface area contributed by atoms with Gasteiger partial charge < -0.3 is 13.9 Å². The molecule has 0 radical (unpaired) electrons. The molecule has 27 heavy (non-hydrogen) atoms. The molecular formula is C21H21FN2O3. The zero-order valence-corrected chi connectivity index (χ0v) is 15.1. The first-order valence-electron chi connectivity index (χ1n) is 9.02. The number of aromatic nitrogens is 1. The Morgan fingerprint density at radius 2 is 1.89 bits per heavy atom. The molecule has 0 aliphatic carbocycles. The van der Waals surface area contributed by atoms with E-state index in [9.17, 15) is 4.39 Å². The number of nitrogens with zero attached hydrogens (tertiary/aromatic N) is 2. The largest absolute Gasteiger partial charge is 0.486 e. The van der Waals surface area contributed by atoms with Crippen LogP contribution in [0.4, 0.5) is 4.39 Å². The van der Waals surface area contributed by atoms with Crippen molar-refractivity contribution in [2.75, 3.05) is 19.7 Å². The molecule has 4 rings (SSSR count). The lowest BCUT2D eigenvalue weighted by molar-refractivity contribution is 0.0558. The molecule has 0 amide bonds. The molecule has 0 saturated heterocycles. The van der Waals surface area contributed by atoms with Crippen molar-refractivity contribution in [2.24, 2.45) is 0 Å². The van der Waals surface area contributed by atoms with Crippen molar-refractivity contribution in [3.8, 4) is 22.8 Å². The number of rotatable bonds is 6. The highest BCUT2D eigenvalue weighted by molar-refractivity contribution is 5.55. The number of hydrogen-bond donors (Lipinski definition) is 0. The molecule has 0 bridgehead atoms. The monoisotopic (exact) mass is 368 g/mol. The smallest absolute Gasteiger partial charge is 0.209 e. The van der Waals surface area contributed by atoms with Gasteiger partial charge in [0.2, 0.25) is 5.89 Å². The van der Waals surface area contributed by atoms with Gasteiger partial charge in [0, 0.05) is 12.1 Å². The third-order valence-electron chi connectivity index (χ3n) is 4.52. The molecule has 0 fully saturated rings. The second-order valence-corrected chi connectivity index (χ2v) is 6.45. The van der Waals surface area contributed by atoms with Gasteiger partial charge in [-0.1, -0.05) is 19.1 Å². The Balaban J connectivity index is 1.39. The fourth-order valence-corrected chi connectivity index (χ4v) is 3.07. The van der Waals surface area contributed by atoms with Crippen LogP contribution >= 0.6 is 0 Å². The van der Waals surface area contributed by atoms with Crippen LogP contribution in [-0.4, -0.2) is 35.7 Å². The topological polar surface area (TPSA) is 47.7 Å². The molecule has 6 heteroatoms. The van der Waals surface area contributed by atoms with E-state index in [1.165, 1.54) is 12.1 Å². The van der Waals surface area contributed by atoms with Crippen LogP contribution in [0.1, 0.15) is 12.8 Å². The van der Waals surface area contributed by atoms with Crippen molar-refractivity contribution < 1.29 is 18.3 Å². The molecule has 2 heterocycles. The SMILES string of the molecule is CCN(Cc1ncc(-c2ccc(F)cc2)o1)C[C@@H]1COc2ccccc2O1. The van der Waals surface area contributed by atoms with Crippen molar-refractivity contribution in [1.29, 1.82) is 0 Å². The van der Waals surface area contributed by atoms with Crippen LogP contribution < -0.4 is 9.47 Å². The van der Waals surface area contributed by atoms with Crippen LogP contribution in [0.25, 0.3) is 11.3 Å². The summed E-state index contributed by atoms with van der Waals surface area (Å²) in [6.07, 6.45) is 1.62. The first kappa shape index (κ1) is 17.5. The molecule has 3 aromatic rings. The van der Waals surface area contributed by atoms with Gasteiger partial charge in [0.15, 0.2) is 17.3 Å². The van der Waals surface area contributed by atoms with Crippen LogP contribution in [-0.2, 0) is 6.54 Å². The first-order valence-corrected chi connectivity index (χ1v) is 9.02. The maximum Gasteiger partial charge on any atom is 0.209 e. The second kappa shape index (κ2) is 7.80.